The van der Waals surface area contributed by atoms with Crippen LogP contribution in [0.15, 0.2) is 0 Å². The van der Waals surface area contributed by atoms with Gasteiger partial charge < -0.3 is 24.7 Å². The van der Waals surface area contributed by atoms with Crippen LogP contribution in [0.25, 0.3) is 0 Å². The second-order valence-corrected chi connectivity index (χ2v) is 1.34. The second-order valence-electron chi connectivity index (χ2n) is 0.447. The standard InChI is InChI=1S/Nd.H3O4P.H2O/c;1-5(2,3)4;/h;(H3,1,2,3,4);1H2/q+3;;/p-3. The summed E-state index contributed by atoms with van der Waals surface area (Å²) in [5, 5.41) is 0. The fraction of sp³-hybridized carbons (Fsp3) is 0. The summed E-state index contributed by atoms with van der Waals surface area (Å²) in [6.45, 7) is 0. The van der Waals surface area contributed by atoms with Crippen molar-refractivity contribution in [2.24, 2.45) is 0 Å². The summed E-state index contributed by atoms with van der Waals surface area (Å²) in [6.07, 6.45) is 0. The van der Waals surface area contributed by atoms with Gasteiger partial charge in [-0.3, -0.25) is 0 Å². The van der Waals surface area contributed by atoms with E-state index in [9.17, 15) is 0 Å². The van der Waals surface area contributed by atoms with Crippen molar-refractivity contribution in [3.63, 3.8) is 0 Å². The quantitative estimate of drug-likeness (QED) is 0.416. The maximum atomic E-state index is 8.55. The molecular weight excluding hydrogens is 255 g/mol. The molecular formula is H2NdO5P. The molecule has 41 valence electrons. The molecule has 0 heterocycles. The second kappa shape index (κ2) is 5.56. The third-order valence-corrected chi connectivity index (χ3v) is 0. The Labute approximate surface area is 72.8 Å². The maximum Gasteiger partial charge on any atom is 3.00 e. The van der Waals surface area contributed by atoms with E-state index in [4.69, 9.17) is 19.2 Å². The number of hydrogen-bond donors (Lipinski definition) is 0. The molecule has 0 rings (SSSR count). The third-order valence-electron chi connectivity index (χ3n) is 0. The molecule has 0 aliphatic rings. The molecule has 0 saturated heterocycles. The minimum Gasteiger partial charge on any atom is -0.822 e. The fourth-order valence-electron chi connectivity index (χ4n) is 0. The molecule has 0 spiro atoms. The smallest absolute Gasteiger partial charge is 0.822 e. The first-order valence-corrected chi connectivity index (χ1v) is 2.19. The molecule has 0 atom stereocenters. The van der Waals surface area contributed by atoms with E-state index in [1.165, 1.54) is 0 Å². The summed E-state index contributed by atoms with van der Waals surface area (Å²) in [7, 11) is -5.39. The minimum absolute atomic E-state index is 0. The zero-order chi connectivity index (χ0) is 4.50. The Kier molecular flexibility index (Phi) is 12.5. The summed E-state index contributed by atoms with van der Waals surface area (Å²) >= 11 is 0. The maximum absolute atomic E-state index is 8.55. The van der Waals surface area contributed by atoms with E-state index in [0.717, 1.165) is 0 Å². The Bertz CT molecular complexity index is 54.2. The molecule has 0 aliphatic carbocycles. The van der Waals surface area contributed by atoms with Gasteiger partial charge in [-0.15, -0.1) is 0 Å². The average Bonchev–Trinajstić information content (AvgIpc) is 0.722. The van der Waals surface area contributed by atoms with Crippen molar-refractivity contribution in [3.05, 3.63) is 0 Å². The zero-order valence-corrected chi connectivity index (χ0v) is 7.18. The summed E-state index contributed by atoms with van der Waals surface area (Å²) in [5.74, 6) is 0. The van der Waals surface area contributed by atoms with Gasteiger partial charge in [-0.25, -0.2) is 0 Å². The third kappa shape index (κ3) is 108. The van der Waals surface area contributed by atoms with Crippen LogP contribution >= 0.6 is 7.82 Å². The van der Waals surface area contributed by atoms with Crippen molar-refractivity contribution in [1.29, 1.82) is 0 Å². The Morgan fingerprint density at radius 1 is 1.14 bits per heavy atom. The van der Waals surface area contributed by atoms with Crippen LogP contribution in [-0.2, 0) is 4.57 Å². The summed E-state index contributed by atoms with van der Waals surface area (Å²) in [4.78, 5) is 25.6. The van der Waals surface area contributed by atoms with Crippen molar-refractivity contribution < 1.29 is 65.6 Å². The zero-order valence-electron chi connectivity index (χ0n) is 3.08. The first kappa shape index (κ1) is 15.8. The molecule has 0 bridgehead atoms. The molecule has 0 aromatic heterocycles. The van der Waals surface area contributed by atoms with Crippen LogP contribution in [0, 0.1) is 40.8 Å². The van der Waals surface area contributed by atoms with Gasteiger partial charge in [0.1, 0.15) is 0 Å². The molecule has 2 N–H and O–H groups in total. The van der Waals surface area contributed by atoms with Gasteiger partial charge in [0.2, 0.25) is 0 Å². The van der Waals surface area contributed by atoms with Gasteiger partial charge in [-0.05, 0) is 0 Å². The number of hydrogen-bond acceptors (Lipinski definition) is 4. The molecule has 0 unspecified atom stereocenters. The predicted octanol–water partition coefficient (Wildman–Crippen LogP) is -3.65. The molecule has 0 amide bonds. The van der Waals surface area contributed by atoms with E-state index in [1.54, 1.807) is 0 Å². The van der Waals surface area contributed by atoms with Crippen LogP contribution in [-0.4, -0.2) is 5.48 Å². The van der Waals surface area contributed by atoms with Gasteiger partial charge in [0.25, 0.3) is 0 Å². The van der Waals surface area contributed by atoms with Crippen LogP contribution < -0.4 is 14.7 Å². The first-order valence-electron chi connectivity index (χ1n) is 0.730. The van der Waals surface area contributed by atoms with Gasteiger partial charge in [0.15, 0.2) is 0 Å². The molecule has 0 fully saturated rings. The summed E-state index contributed by atoms with van der Waals surface area (Å²) in [6, 6.07) is 0. The van der Waals surface area contributed by atoms with Gasteiger partial charge >= 0.3 is 40.8 Å². The SMILES string of the molecule is O.O=P([O-])([O-])[O-].[Nd+3]. The molecule has 7 heteroatoms. The van der Waals surface area contributed by atoms with Gasteiger partial charge in [0, 0.05) is 0 Å². The molecule has 0 saturated carbocycles. The van der Waals surface area contributed by atoms with E-state index < -0.39 is 7.82 Å². The normalized spacial score (nSPS) is 8.43. The molecule has 0 aromatic carbocycles. The molecule has 7 heavy (non-hydrogen) atoms. The van der Waals surface area contributed by atoms with E-state index in [-0.39, 0.29) is 46.3 Å². The van der Waals surface area contributed by atoms with Crippen molar-refractivity contribution in [3.8, 4) is 0 Å². The molecule has 0 aliphatic heterocycles. The topological polar surface area (TPSA) is 118 Å². The van der Waals surface area contributed by atoms with Crippen molar-refractivity contribution in [2.45, 2.75) is 0 Å². The monoisotopic (exact) mass is 255 g/mol. The summed E-state index contributed by atoms with van der Waals surface area (Å²) in [5.41, 5.74) is 0. The Morgan fingerprint density at radius 3 is 1.14 bits per heavy atom. The Hall–Kier alpha value is 1.42. The fourth-order valence-corrected chi connectivity index (χ4v) is 0. The largest absolute Gasteiger partial charge is 3.00 e. The van der Waals surface area contributed by atoms with E-state index in [2.05, 4.69) is 0 Å². The van der Waals surface area contributed by atoms with Gasteiger partial charge in [0.05, 0.1) is 0 Å². The summed E-state index contributed by atoms with van der Waals surface area (Å²) < 4.78 is 8.55. The molecule has 0 aromatic rings. The number of phosphoric acid groups is 1. The van der Waals surface area contributed by atoms with E-state index in [1.807, 2.05) is 0 Å². The van der Waals surface area contributed by atoms with Gasteiger partial charge in [-0.1, -0.05) is 0 Å². The molecule has 5 nitrogen and oxygen atoms in total. The van der Waals surface area contributed by atoms with Crippen LogP contribution in [0.2, 0.25) is 0 Å². The van der Waals surface area contributed by atoms with E-state index in [0.29, 0.717) is 0 Å². The van der Waals surface area contributed by atoms with E-state index >= 15 is 0 Å². The van der Waals surface area contributed by atoms with Crippen LogP contribution in [0.1, 0.15) is 0 Å². The van der Waals surface area contributed by atoms with Crippen molar-refractivity contribution in [1.82, 2.24) is 0 Å². The number of rotatable bonds is 0. The van der Waals surface area contributed by atoms with Crippen LogP contribution in [0.5, 0.6) is 0 Å². The minimum atomic E-state index is -5.39. The average molecular weight is 257 g/mol. The predicted molar refractivity (Wildman–Crippen MR) is 11.2 cm³/mol. The van der Waals surface area contributed by atoms with Crippen molar-refractivity contribution in [2.75, 3.05) is 0 Å². The first-order chi connectivity index (χ1) is 2.00. The Morgan fingerprint density at radius 2 is 1.14 bits per heavy atom. The molecule has 1 radical (unpaired) electrons. The Balaban J connectivity index is -0.0000000800. The van der Waals surface area contributed by atoms with Crippen LogP contribution in [0.4, 0.5) is 0 Å². The van der Waals surface area contributed by atoms with Crippen LogP contribution in [0.3, 0.4) is 0 Å². The van der Waals surface area contributed by atoms with Crippen molar-refractivity contribution >= 4 is 7.82 Å². The van der Waals surface area contributed by atoms with Gasteiger partial charge in [-0.2, -0.15) is 7.82 Å².